The fraction of sp³-hybridized carbons (Fsp3) is 0.143. The molecule has 66 valence electrons. The minimum atomic E-state index is -2.42. The molecule has 0 spiro atoms. The van der Waals surface area contributed by atoms with Crippen LogP contribution < -0.4 is 11.5 Å². The second-order valence-electron chi connectivity index (χ2n) is 2.17. The third-order valence-corrected chi connectivity index (χ3v) is 1.99. The molecule has 2 nitrogen and oxygen atoms in total. The van der Waals surface area contributed by atoms with Crippen LogP contribution in [0.5, 0.6) is 0 Å². The molecule has 1 aromatic carbocycles. The molecule has 0 heterocycles. The highest BCUT2D eigenvalue weighted by Crippen LogP contribution is 2.28. The maximum atomic E-state index is 11.8. The van der Waals surface area contributed by atoms with Gasteiger partial charge in [-0.3, -0.25) is 0 Å². The van der Waals surface area contributed by atoms with Gasteiger partial charge in [0.05, 0.1) is 11.4 Å². The predicted octanol–water partition coefficient (Wildman–Crippen LogP) is 2.17. The summed E-state index contributed by atoms with van der Waals surface area (Å²) in [6.07, 6.45) is 0. The van der Waals surface area contributed by atoms with Gasteiger partial charge in [0.15, 0.2) is 0 Å². The van der Waals surface area contributed by atoms with E-state index < -0.39 is 5.76 Å². The minimum Gasteiger partial charge on any atom is -0.397 e. The molecule has 5 heteroatoms. The SMILES string of the molecule is Nc1ccc(SC(F)F)cc1N. The number of nitrogen functional groups attached to an aromatic ring is 2. The molecule has 0 aliphatic rings. The van der Waals surface area contributed by atoms with E-state index in [0.29, 0.717) is 28.0 Å². The van der Waals surface area contributed by atoms with Crippen LogP contribution in [0.1, 0.15) is 0 Å². The summed E-state index contributed by atoms with van der Waals surface area (Å²) in [5.41, 5.74) is 11.6. The van der Waals surface area contributed by atoms with Crippen LogP contribution in [0, 0.1) is 0 Å². The van der Waals surface area contributed by atoms with E-state index in [0.717, 1.165) is 0 Å². The molecule has 1 aromatic rings. The minimum absolute atomic E-state index is 0.334. The van der Waals surface area contributed by atoms with Crippen LogP contribution in [0.25, 0.3) is 0 Å². The summed E-state index contributed by atoms with van der Waals surface area (Å²) in [4.78, 5) is 0.428. The van der Waals surface area contributed by atoms with E-state index >= 15 is 0 Å². The number of hydrogen-bond acceptors (Lipinski definition) is 3. The quantitative estimate of drug-likeness (QED) is 0.555. The summed E-state index contributed by atoms with van der Waals surface area (Å²) < 4.78 is 23.7. The van der Waals surface area contributed by atoms with Crippen LogP contribution in [0.3, 0.4) is 0 Å². The van der Waals surface area contributed by atoms with E-state index in [1.807, 2.05) is 0 Å². The maximum Gasteiger partial charge on any atom is 0.288 e. The first-order valence-electron chi connectivity index (χ1n) is 3.19. The highest BCUT2D eigenvalue weighted by molar-refractivity contribution is 7.99. The summed E-state index contributed by atoms with van der Waals surface area (Å²) in [7, 11) is 0. The van der Waals surface area contributed by atoms with E-state index in [1.165, 1.54) is 18.2 Å². The van der Waals surface area contributed by atoms with Gasteiger partial charge in [0.1, 0.15) is 0 Å². The molecule has 4 N–H and O–H groups in total. The van der Waals surface area contributed by atoms with Gasteiger partial charge in [-0.05, 0) is 18.2 Å². The third-order valence-electron chi connectivity index (χ3n) is 1.28. The Balaban J connectivity index is 2.82. The van der Waals surface area contributed by atoms with Crippen LogP contribution in [0.2, 0.25) is 0 Å². The molecule has 0 amide bonds. The number of rotatable bonds is 2. The Morgan fingerprint density at radius 1 is 1.17 bits per heavy atom. The van der Waals surface area contributed by atoms with Gasteiger partial charge < -0.3 is 11.5 Å². The van der Waals surface area contributed by atoms with Crippen molar-refractivity contribution in [2.45, 2.75) is 10.7 Å². The second-order valence-corrected chi connectivity index (χ2v) is 3.23. The van der Waals surface area contributed by atoms with Crippen molar-refractivity contribution in [2.75, 3.05) is 11.5 Å². The number of benzene rings is 1. The summed E-state index contributed by atoms with van der Waals surface area (Å²) in [6, 6.07) is 4.47. The molecule has 0 aliphatic carbocycles. The zero-order valence-electron chi connectivity index (χ0n) is 6.13. The molecule has 0 bridgehead atoms. The number of halogens is 2. The van der Waals surface area contributed by atoms with Crippen LogP contribution in [0.4, 0.5) is 20.2 Å². The molecule has 0 saturated carbocycles. The average Bonchev–Trinajstić information content (AvgIpc) is 1.96. The molecule has 0 atom stereocenters. The lowest BCUT2D eigenvalue weighted by Gasteiger charge is -2.03. The summed E-state index contributed by atoms with van der Waals surface area (Å²) in [5.74, 6) is -2.42. The lowest BCUT2D eigenvalue weighted by Crippen LogP contribution is -1.94. The Morgan fingerprint density at radius 3 is 2.33 bits per heavy atom. The van der Waals surface area contributed by atoms with E-state index in [-0.39, 0.29) is 0 Å². The fourth-order valence-corrected chi connectivity index (χ4v) is 1.28. The number of hydrogen-bond donors (Lipinski definition) is 2. The predicted molar refractivity (Wildman–Crippen MR) is 47.1 cm³/mol. The van der Waals surface area contributed by atoms with Gasteiger partial charge in [0.25, 0.3) is 5.76 Å². The monoisotopic (exact) mass is 190 g/mol. The number of thioether (sulfide) groups is 1. The van der Waals surface area contributed by atoms with E-state index in [9.17, 15) is 8.78 Å². The van der Waals surface area contributed by atoms with Crippen LogP contribution >= 0.6 is 11.8 Å². The zero-order chi connectivity index (χ0) is 9.14. The Bertz CT molecular complexity index is 278. The standard InChI is InChI=1S/C7H8F2N2S/c8-7(9)12-4-1-2-5(10)6(11)3-4/h1-3,7H,10-11H2. The van der Waals surface area contributed by atoms with Crippen molar-refractivity contribution < 1.29 is 8.78 Å². The van der Waals surface area contributed by atoms with Crippen molar-refractivity contribution in [3.8, 4) is 0 Å². The van der Waals surface area contributed by atoms with Gasteiger partial charge in [0.2, 0.25) is 0 Å². The molecule has 0 fully saturated rings. The van der Waals surface area contributed by atoms with Crippen LogP contribution in [0.15, 0.2) is 23.1 Å². The van der Waals surface area contributed by atoms with Crippen molar-refractivity contribution >= 4 is 23.1 Å². The van der Waals surface area contributed by atoms with Crippen LogP contribution in [-0.4, -0.2) is 5.76 Å². The third kappa shape index (κ3) is 2.27. The molecule has 0 aromatic heterocycles. The molecular formula is C7H8F2N2S. The molecule has 1 rings (SSSR count). The highest BCUT2D eigenvalue weighted by Gasteiger charge is 2.05. The summed E-state index contributed by atoms with van der Waals surface area (Å²) >= 11 is 0.452. The van der Waals surface area contributed by atoms with Crippen LogP contribution in [-0.2, 0) is 0 Å². The summed E-state index contributed by atoms with van der Waals surface area (Å²) in [5, 5.41) is 0. The first-order chi connectivity index (χ1) is 5.59. The Kier molecular flexibility index (Phi) is 2.75. The maximum absolute atomic E-state index is 11.8. The lowest BCUT2D eigenvalue weighted by molar-refractivity contribution is 0.252. The number of nitrogens with two attached hydrogens (primary N) is 2. The molecule has 0 radical (unpaired) electrons. The normalized spacial score (nSPS) is 10.6. The first kappa shape index (κ1) is 9.12. The van der Waals surface area contributed by atoms with Gasteiger partial charge >= 0.3 is 0 Å². The molecule has 0 unspecified atom stereocenters. The van der Waals surface area contributed by atoms with E-state index in [1.54, 1.807) is 0 Å². The Hall–Kier alpha value is -0.970. The molecule has 12 heavy (non-hydrogen) atoms. The van der Waals surface area contributed by atoms with Gasteiger partial charge in [-0.1, -0.05) is 11.8 Å². The van der Waals surface area contributed by atoms with Crippen molar-refractivity contribution in [3.05, 3.63) is 18.2 Å². The van der Waals surface area contributed by atoms with E-state index in [4.69, 9.17) is 11.5 Å². The average molecular weight is 190 g/mol. The summed E-state index contributed by atoms with van der Waals surface area (Å²) in [6.45, 7) is 0. The van der Waals surface area contributed by atoms with E-state index in [2.05, 4.69) is 0 Å². The second kappa shape index (κ2) is 3.62. The lowest BCUT2D eigenvalue weighted by atomic mass is 10.3. The topological polar surface area (TPSA) is 52.0 Å². The molecular weight excluding hydrogens is 182 g/mol. The van der Waals surface area contributed by atoms with Crippen molar-refractivity contribution in [2.24, 2.45) is 0 Å². The first-order valence-corrected chi connectivity index (χ1v) is 4.07. The van der Waals surface area contributed by atoms with Gasteiger partial charge in [-0.25, -0.2) is 0 Å². The smallest absolute Gasteiger partial charge is 0.288 e. The largest absolute Gasteiger partial charge is 0.397 e. The Labute approximate surface area is 72.9 Å². The zero-order valence-corrected chi connectivity index (χ0v) is 6.94. The van der Waals surface area contributed by atoms with Crippen molar-refractivity contribution in [1.29, 1.82) is 0 Å². The number of anilines is 2. The Morgan fingerprint density at radius 2 is 1.83 bits per heavy atom. The number of alkyl halides is 2. The molecule has 0 aliphatic heterocycles. The van der Waals surface area contributed by atoms with Crippen molar-refractivity contribution in [1.82, 2.24) is 0 Å². The highest BCUT2D eigenvalue weighted by atomic mass is 32.2. The molecule has 0 saturated heterocycles. The fourth-order valence-electron chi connectivity index (χ4n) is 0.729. The van der Waals surface area contributed by atoms with Gasteiger partial charge in [-0.2, -0.15) is 8.78 Å². The van der Waals surface area contributed by atoms with Crippen molar-refractivity contribution in [3.63, 3.8) is 0 Å². The van der Waals surface area contributed by atoms with Gasteiger partial charge in [-0.15, -0.1) is 0 Å². The van der Waals surface area contributed by atoms with Gasteiger partial charge in [0, 0.05) is 4.90 Å².